The molecule has 0 aliphatic carbocycles. The van der Waals surface area contributed by atoms with Gasteiger partial charge in [-0.1, -0.05) is 0 Å². The fourth-order valence-electron chi connectivity index (χ4n) is 2.73. The Morgan fingerprint density at radius 1 is 1.35 bits per heavy atom. The number of hydrogen-bond donors (Lipinski definition) is 1. The highest BCUT2D eigenvalue weighted by Crippen LogP contribution is 2.19. The minimum absolute atomic E-state index is 0.206. The third kappa shape index (κ3) is 4.28. The Morgan fingerprint density at radius 2 is 2.05 bits per heavy atom. The summed E-state index contributed by atoms with van der Waals surface area (Å²) >= 11 is 5.34. The molecule has 1 atom stereocenters. The smallest absolute Gasteiger partial charge is 0.169 e. The standard InChI is InChI=1S/C12H23N3O3S2/c1-18-8-3-13-12(19)15-6-4-14(5-7-15)11-2-9-20(16,17)10-11/h11H,2-10H2,1H3,(H,13,19)/t11-/m1/s1. The van der Waals surface area contributed by atoms with E-state index in [0.29, 0.717) is 18.1 Å². The van der Waals surface area contributed by atoms with Crippen LogP contribution in [0.3, 0.4) is 0 Å². The molecule has 0 unspecified atom stereocenters. The molecule has 2 fully saturated rings. The summed E-state index contributed by atoms with van der Waals surface area (Å²) in [4.78, 5) is 4.43. The van der Waals surface area contributed by atoms with Crippen LogP contribution in [0.4, 0.5) is 0 Å². The highest BCUT2D eigenvalue weighted by molar-refractivity contribution is 7.91. The van der Waals surface area contributed by atoms with E-state index >= 15 is 0 Å². The van der Waals surface area contributed by atoms with Crippen LogP contribution in [0.5, 0.6) is 0 Å². The van der Waals surface area contributed by atoms with Gasteiger partial charge in [-0.3, -0.25) is 4.90 Å². The predicted molar refractivity (Wildman–Crippen MR) is 82.7 cm³/mol. The van der Waals surface area contributed by atoms with Crippen LogP contribution in [-0.4, -0.2) is 87.3 Å². The van der Waals surface area contributed by atoms with Gasteiger partial charge in [0.1, 0.15) is 0 Å². The van der Waals surface area contributed by atoms with Crippen molar-refractivity contribution in [1.29, 1.82) is 0 Å². The van der Waals surface area contributed by atoms with E-state index in [-0.39, 0.29) is 6.04 Å². The second kappa shape index (κ2) is 7.02. The zero-order valence-electron chi connectivity index (χ0n) is 11.9. The number of methoxy groups -OCH3 is 1. The number of sulfone groups is 1. The largest absolute Gasteiger partial charge is 0.383 e. The second-order valence-corrected chi connectivity index (χ2v) is 7.92. The van der Waals surface area contributed by atoms with Crippen molar-refractivity contribution in [2.45, 2.75) is 12.5 Å². The molecule has 20 heavy (non-hydrogen) atoms. The minimum Gasteiger partial charge on any atom is -0.383 e. The molecule has 0 aromatic rings. The molecule has 2 aliphatic heterocycles. The van der Waals surface area contributed by atoms with Gasteiger partial charge < -0.3 is 15.0 Å². The lowest BCUT2D eigenvalue weighted by molar-refractivity contribution is 0.141. The Labute approximate surface area is 126 Å². The Hall–Kier alpha value is -0.440. The molecule has 8 heteroatoms. The summed E-state index contributed by atoms with van der Waals surface area (Å²) in [6, 6.07) is 0.206. The Bertz CT molecular complexity index is 433. The number of nitrogens with one attached hydrogen (secondary N) is 1. The van der Waals surface area contributed by atoms with Crippen LogP contribution in [0.2, 0.25) is 0 Å². The van der Waals surface area contributed by atoms with Crippen LogP contribution in [-0.2, 0) is 14.6 Å². The van der Waals surface area contributed by atoms with Gasteiger partial charge in [0.15, 0.2) is 14.9 Å². The molecule has 2 rings (SSSR count). The fourth-order valence-corrected chi connectivity index (χ4v) is 4.77. The van der Waals surface area contributed by atoms with Gasteiger partial charge in [0, 0.05) is 45.9 Å². The summed E-state index contributed by atoms with van der Waals surface area (Å²) in [5.41, 5.74) is 0. The average Bonchev–Trinajstić information content (AvgIpc) is 2.79. The number of ether oxygens (including phenoxy) is 1. The third-order valence-electron chi connectivity index (χ3n) is 3.91. The molecule has 2 aliphatic rings. The molecular weight excluding hydrogens is 298 g/mol. The normalized spacial score (nSPS) is 26.6. The van der Waals surface area contributed by atoms with E-state index < -0.39 is 9.84 Å². The second-order valence-electron chi connectivity index (χ2n) is 5.30. The molecule has 2 saturated heterocycles. The maximum Gasteiger partial charge on any atom is 0.169 e. The average molecular weight is 321 g/mol. The van der Waals surface area contributed by atoms with Crippen LogP contribution < -0.4 is 5.32 Å². The van der Waals surface area contributed by atoms with Crippen molar-refractivity contribution in [3.63, 3.8) is 0 Å². The van der Waals surface area contributed by atoms with E-state index in [9.17, 15) is 8.42 Å². The van der Waals surface area contributed by atoms with Gasteiger partial charge in [0.25, 0.3) is 0 Å². The van der Waals surface area contributed by atoms with E-state index in [0.717, 1.165) is 44.3 Å². The maximum absolute atomic E-state index is 11.5. The van der Waals surface area contributed by atoms with Crippen LogP contribution >= 0.6 is 12.2 Å². The van der Waals surface area contributed by atoms with E-state index in [1.54, 1.807) is 7.11 Å². The number of hydrogen-bond acceptors (Lipinski definition) is 5. The maximum atomic E-state index is 11.5. The van der Waals surface area contributed by atoms with Crippen LogP contribution in [0.1, 0.15) is 6.42 Å². The molecule has 0 aromatic heterocycles. The molecule has 116 valence electrons. The summed E-state index contributed by atoms with van der Waals surface area (Å²) < 4.78 is 28.0. The molecular formula is C12H23N3O3S2. The molecule has 0 spiro atoms. The van der Waals surface area contributed by atoms with Crippen LogP contribution in [0.15, 0.2) is 0 Å². The van der Waals surface area contributed by atoms with Gasteiger partial charge in [0.05, 0.1) is 18.1 Å². The zero-order valence-corrected chi connectivity index (χ0v) is 13.5. The number of rotatable bonds is 4. The monoisotopic (exact) mass is 321 g/mol. The highest BCUT2D eigenvalue weighted by Gasteiger charge is 2.33. The van der Waals surface area contributed by atoms with Gasteiger partial charge in [-0.25, -0.2) is 8.42 Å². The summed E-state index contributed by atoms with van der Waals surface area (Å²) in [7, 11) is -1.13. The highest BCUT2D eigenvalue weighted by atomic mass is 32.2. The van der Waals surface area contributed by atoms with Crippen molar-refractivity contribution < 1.29 is 13.2 Å². The zero-order chi connectivity index (χ0) is 14.6. The lowest BCUT2D eigenvalue weighted by Crippen LogP contribution is -2.54. The van der Waals surface area contributed by atoms with Crippen molar-refractivity contribution in [2.75, 3.05) is 57.9 Å². The molecule has 0 saturated carbocycles. The third-order valence-corrected chi connectivity index (χ3v) is 6.06. The number of nitrogens with zero attached hydrogens (tertiary/aromatic N) is 2. The van der Waals surface area contributed by atoms with Crippen molar-refractivity contribution in [1.82, 2.24) is 15.1 Å². The van der Waals surface area contributed by atoms with Crippen molar-refractivity contribution >= 4 is 27.2 Å². The molecule has 0 amide bonds. The Balaban J connectivity index is 1.74. The first kappa shape index (κ1) is 15.9. The first-order valence-electron chi connectivity index (χ1n) is 6.98. The van der Waals surface area contributed by atoms with Gasteiger partial charge in [0.2, 0.25) is 0 Å². The minimum atomic E-state index is -2.80. The van der Waals surface area contributed by atoms with Gasteiger partial charge in [-0.15, -0.1) is 0 Å². The molecule has 6 nitrogen and oxygen atoms in total. The SMILES string of the molecule is COCCNC(=S)N1CCN([C@@H]2CCS(=O)(=O)C2)CC1. The van der Waals surface area contributed by atoms with Gasteiger partial charge in [-0.05, 0) is 18.6 Å². The number of thiocarbonyl (C=S) groups is 1. The molecule has 2 heterocycles. The first-order chi connectivity index (χ1) is 9.52. The first-order valence-corrected chi connectivity index (χ1v) is 9.21. The Morgan fingerprint density at radius 3 is 2.60 bits per heavy atom. The topological polar surface area (TPSA) is 61.9 Å². The van der Waals surface area contributed by atoms with Crippen LogP contribution in [0.25, 0.3) is 0 Å². The van der Waals surface area contributed by atoms with E-state index in [2.05, 4.69) is 15.1 Å². The lowest BCUT2D eigenvalue weighted by atomic mass is 10.2. The molecule has 0 bridgehead atoms. The predicted octanol–water partition coefficient (Wildman–Crippen LogP) is -0.688. The van der Waals surface area contributed by atoms with Crippen molar-refractivity contribution in [3.8, 4) is 0 Å². The van der Waals surface area contributed by atoms with Crippen molar-refractivity contribution in [3.05, 3.63) is 0 Å². The lowest BCUT2D eigenvalue weighted by Gasteiger charge is -2.38. The molecule has 0 radical (unpaired) electrons. The van der Waals surface area contributed by atoms with E-state index in [1.807, 2.05) is 0 Å². The van der Waals surface area contributed by atoms with Crippen LogP contribution in [0, 0.1) is 0 Å². The quantitative estimate of drug-likeness (QED) is 0.543. The molecule has 0 aromatic carbocycles. The summed E-state index contributed by atoms with van der Waals surface area (Å²) in [6.07, 6.45) is 0.777. The van der Waals surface area contributed by atoms with E-state index in [1.165, 1.54) is 0 Å². The van der Waals surface area contributed by atoms with Crippen molar-refractivity contribution in [2.24, 2.45) is 0 Å². The number of piperazine rings is 1. The summed E-state index contributed by atoms with van der Waals surface area (Å²) in [5.74, 6) is 0.665. The van der Waals surface area contributed by atoms with Gasteiger partial charge in [-0.2, -0.15) is 0 Å². The molecule has 1 N–H and O–H groups in total. The summed E-state index contributed by atoms with van der Waals surface area (Å²) in [5, 5.41) is 3.93. The van der Waals surface area contributed by atoms with E-state index in [4.69, 9.17) is 17.0 Å². The fraction of sp³-hybridized carbons (Fsp3) is 0.917. The van der Waals surface area contributed by atoms with Gasteiger partial charge >= 0.3 is 0 Å². The Kier molecular flexibility index (Phi) is 5.59. The summed E-state index contributed by atoms with van der Waals surface area (Å²) in [6.45, 7) is 4.83.